The number of carbonyl (C=O) groups excluding carboxylic acids is 1. The Hall–Kier alpha value is -1.75. The lowest BCUT2D eigenvalue weighted by Crippen LogP contribution is -2.06. The molecule has 0 saturated heterocycles. The smallest absolute Gasteiger partial charge is 0.338 e. The van der Waals surface area contributed by atoms with E-state index in [9.17, 15) is 13.6 Å². The van der Waals surface area contributed by atoms with E-state index in [1.807, 2.05) is 0 Å². The summed E-state index contributed by atoms with van der Waals surface area (Å²) in [5.41, 5.74) is 0.488. The first kappa shape index (κ1) is 13.7. The summed E-state index contributed by atoms with van der Waals surface area (Å²) in [6.45, 7) is -0.239. The van der Waals surface area contributed by atoms with Crippen molar-refractivity contribution in [2.75, 3.05) is 0 Å². The third kappa shape index (κ3) is 3.61. The second-order valence-corrected chi connectivity index (χ2v) is 4.74. The second-order valence-electron chi connectivity index (χ2n) is 3.82. The molecule has 0 unspecified atom stereocenters. The number of rotatable bonds is 3. The number of hydrogen-bond acceptors (Lipinski definition) is 2. The van der Waals surface area contributed by atoms with Crippen LogP contribution >= 0.6 is 15.9 Å². The zero-order valence-corrected chi connectivity index (χ0v) is 11.3. The first-order valence-electron chi connectivity index (χ1n) is 5.43. The van der Waals surface area contributed by atoms with E-state index in [4.69, 9.17) is 4.74 Å². The molecule has 0 saturated carbocycles. The van der Waals surface area contributed by atoms with Crippen LogP contribution < -0.4 is 0 Å². The number of halogens is 3. The van der Waals surface area contributed by atoms with Crippen molar-refractivity contribution < 1.29 is 18.3 Å². The van der Waals surface area contributed by atoms with Crippen molar-refractivity contribution in [2.45, 2.75) is 6.61 Å². The van der Waals surface area contributed by atoms with Crippen molar-refractivity contribution in [3.05, 3.63) is 69.7 Å². The lowest BCUT2D eigenvalue weighted by atomic mass is 10.2. The SMILES string of the molecule is O=C(OCc1ccc(F)cc1F)c1cccc(Br)c1. The van der Waals surface area contributed by atoms with E-state index in [1.165, 1.54) is 6.07 Å². The molecule has 0 aliphatic rings. The number of esters is 1. The molecule has 2 aromatic rings. The zero-order valence-electron chi connectivity index (χ0n) is 9.70. The fourth-order valence-electron chi connectivity index (χ4n) is 1.48. The quantitative estimate of drug-likeness (QED) is 0.794. The minimum Gasteiger partial charge on any atom is -0.457 e. The molecule has 0 aliphatic heterocycles. The van der Waals surface area contributed by atoms with E-state index in [-0.39, 0.29) is 12.2 Å². The van der Waals surface area contributed by atoms with Crippen molar-refractivity contribution in [1.29, 1.82) is 0 Å². The van der Waals surface area contributed by atoms with E-state index in [0.717, 1.165) is 16.6 Å². The van der Waals surface area contributed by atoms with Crippen molar-refractivity contribution in [3.8, 4) is 0 Å². The highest BCUT2D eigenvalue weighted by Gasteiger charge is 2.10. The molecular weight excluding hydrogens is 318 g/mol. The Morgan fingerprint density at radius 1 is 1.16 bits per heavy atom. The Labute approximate surface area is 117 Å². The molecule has 19 heavy (non-hydrogen) atoms. The van der Waals surface area contributed by atoms with Gasteiger partial charge in [-0.1, -0.05) is 22.0 Å². The van der Waals surface area contributed by atoms with Gasteiger partial charge in [-0.15, -0.1) is 0 Å². The van der Waals surface area contributed by atoms with Gasteiger partial charge >= 0.3 is 5.97 Å². The van der Waals surface area contributed by atoms with Gasteiger partial charge in [-0.05, 0) is 30.3 Å². The average molecular weight is 327 g/mol. The van der Waals surface area contributed by atoms with Gasteiger partial charge in [0.2, 0.25) is 0 Å². The highest BCUT2D eigenvalue weighted by atomic mass is 79.9. The van der Waals surface area contributed by atoms with E-state index in [0.29, 0.717) is 5.56 Å². The molecule has 2 nitrogen and oxygen atoms in total. The summed E-state index contributed by atoms with van der Waals surface area (Å²) in [4.78, 5) is 11.7. The molecule has 0 aliphatic carbocycles. The Morgan fingerprint density at radius 2 is 1.95 bits per heavy atom. The summed E-state index contributed by atoms with van der Waals surface area (Å²) in [5.74, 6) is -1.97. The van der Waals surface area contributed by atoms with Crippen LogP contribution in [0.5, 0.6) is 0 Å². The summed E-state index contributed by atoms with van der Waals surface area (Å²) < 4.78 is 31.7. The molecular formula is C14H9BrF2O2. The third-order valence-electron chi connectivity index (χ3n) is 2.43. The summed E-state index contributed by atoms with van der Waals surface area (Å²) >= 11 is 3.24. The molecule has 0 heterocycles. The van der Waals surface area contributed by atoms with Gasteiger partial charge in [-0.3, -0.25) is 0 Å². The maximum Gasteiger partial charge on any atom is 0.338 e. The summed E-state index contributed by atoms with van der Waals surface area (Å²) in [7, 11) is 0. The minimum absolute atomic E-state index is 0.129. The molecule has 2 aromatic carbocycles. The van der Waals surface area contributed by atoms with E-state index in [2.05, 4.69) is 15.9 Å². The first-order valence-corrected chi connectivity index (χ1v) is 6.22. The first-order chi connectivity index (χ1) is 9.06. The van der Waals surface area contributed by atoms with E-state index < -0.39 is 17.6 Å². The van der Waals surface area contributed by atoms with Gasteiger partial charge in [-0.25, -0.2) is 13.6 Å². The number of benzene rings is 2. The molecule has 0 atom stereocenters. The second kappa shape index (κ2) is 5.93. The van der Waals surface area contributed by atoms with Crippen LogP contribution in [-0.2, 0) is 11.3 Å². The van der Waals surface area contributed by atoms with Gasteiger partial charge in [0.1, 0.15) is 18.2 Å². The van der Waals surface area contributed by atoms with Crippen LogP contribution in [0.4, 0.5) is 8.78 Å². The highest BCUT2D eigenvalue weighted by Crippen LogP contribution is 2.15. The Morgan fingerprint density at radius 3 is 2.63 bits per heavy atom. The Kier molecular flexibility index (Phi) is 4.27. The lowest BCUT2D eigenvalue weighted by Gasteiger charge is -2.06. The van der Waals surface area contributed by atoms with Crippen molar-refractivity contribution in [1.82, 2.24) is 0 Å². The monoisotopic (exact) mass is 326 g/mol. The Balaban J connectivity index is 2.04. The fourth-order valence-corrected chi connectivity index (χ4v) is 1.88. The van der Waals surface area contributed by atoms with Crippen LogP contribution in [0.3, 0.4) is 0 Å². The topological polar surface area (TPSA) is 26.3 Å². The van der Waals surface area contributed by atoms with Crippen LogP contribution in [0.25, 0.3) is 0 Å². The molecule has 5 heteroatoms. The van der Waals surface area contributed by atoms with Crippen LogP contribution in [-0.4, -0.2) is 5.97 Å². The van der Waals surface area contributed by atoms with Crippen LogP contribution in [0, 0.1) is 11.6 Å². The molecule has 0 fully saturated rings. The van der Waals surface area contributed by atoms with Crippen molar-refractivity contribution in [2.24, 2.45) is 0 Å². The molecule has 0 aromatic heterocycles. The maximum absolute atomic E-state index is 13.3. The van der Waals surface area contributed by atoms with E-state index in [1.54, 1.807) is 24.3 Å². The van der Waals surface area contributed by atoms with Crippen molar-refractivity contribution in [3.63, 3.8) is 0 Å². The van der Waals surface area contributed by atoms with Gasteiger partial charge < -0.3 is 4.74 Å². The van der Waals surface area contributed by atoms with Gasteiger partial charge in [0.15, 0.2) is 0 Å². The third-order valence-corrected chi connectivity index (χ3v) is 2.93. The van der Waals surface area contributed by atoms with Crippen LogP contribution in [0.15, 0.2) is 46.9 Å². The van der Waals surface area contributed by atoms with Crippen LogP contribution in [0.1, 0.15) is 15.9 Å². The molecule has 0 bridgehead atoms. The number of carbonyl (C=O) groups is 1. The lowest BCUT2D eigenvalue weighted by molar-refractivity contribution is 0.0469. The minimum atomic E-state index is -0.734. The molecule has 98 valence electrons. The van der Waals surface area contributed by atoms with Gasteiger partial charge in [0.05, 0.1) is 5.56 Å². The summed E-state index contributed by atoms with van der Waals surface area (Å²) in [6, 6.07) is 9.78. The summed E-state index contributed by atoms with van der Waals surface area (Å²) in [5, 5.41) is 0. The molecule has 0 amide bonds. The molecule has 0 radical (unpaired) electrons. The van der Waals surface area contributed by atoms with Gasteiger partial charge in [0, 0.05) is 16.1 Å². The highest BCUT2D eigenvalue weighted by molar-refractivity contribution is 9.10. The predicted octanol–water partition coefficient (Wildman–Crippen LogP) is 4.08. The summed E-state index contributed by atoms with van der Waals surface area (Å²) in [6.07, 6.45) is 0. The van der Waals surface area contributed by atoms with Crippen molar-refractivity contribution >= 4 is 21.9 Å². The van der Waals surface area contributed by atoms with Gasteiger partial charge in [-0.2, -0.15) is 0 Å². The number of hydrogen-bond donors (Lipinski definition) is 0. The molecule has 2 rings (SSSR count). The normalized spacial score (nSPS) is 10.3. The zero-order chi connectivity index (χ0) is 13.8. The molecule has 0 spiro atoms. The van der Waals surface area contributed by atoms with Crippen LogP contribution in [0.2, 0.25) is 0 Å². The average Bonchev–Trinajstić information content (AvgIpc) is 2.37. The standard InChI is InChI=1S/C14H9BrF2O2/c15-11-3-1-2-9(6-11)14(18)19-8-10-4-5-12(16)7-13(10)17/h1-7H,8H2. The van der Waals surface area contributed by atoms with E-state index >= 15 is 0 Å². The predicted molar refractivity (Wildman–Crippen MR) is 69.6 cm³/mol. The largest absolute Gasteiger partial charge is 0.457 e. The Bertz CT molecular complexity index is 614. The molecule has 0 N–H and O–H groups in total. The number of ether oxygens (including phenoxy) is 1. The fraction of sp³-hybridized carbons (Fsp3) is 0.0714. The maximum atomic E-state index is 13.3. The van der Waals surface area contributed by atoms with Gasteiger partial charge in [0.25, 0.3) is 0 Å².